The topological polar surface area (TPSA) is 53.0 Å². The molecule has 1 aliphatic heterocycles. The van der Waals surface area contributed by atoms with Crippen molar-refractivity contribution in [3.8, 4) is 0 Å². The summed E-state index contributed by atoms with van der Waals surface area (Å²) in [5.74, 6) is 0. The molecule has 0 radical (unpaired) electrons. The standard InChI is InChI=1S/C9H20O2.C2H4O/c1-3-5-6-9(4-2,7-10)8-11;1-2-3-1/h10-11H,3-8H2,1-2H3;1-2H2. The van der Waals surface area contributed by atoms with E-state index in [4.69, 9.17) is 10.2 Å². The average molecular weight is 204 g/mol. The van der Waals surface area contributed by atoms with Crippen LogP contribution in [0.2, 0.25) is 0 Å². The van der Waals surface area contributed by atoms with Gasteiger partial charge in [-0.3, -0.25) is 0 Å². The van der Waals surface area contributed by atoms with Gasteiger partial charge in [-0.25, -0.2) is 0 Å². The number of unbranched alkanes of at least 4 members (excludes halogenated alkanes) is 1. The van der Waals surface area contributed by atoms with Crippen LogP contribution in [0.4, 0.5) is 0 Å². The van der Waals surface area contributed by atoms with Crippen LogP contribution in [0, 0.1) is 5.41 Å². The molecule has 1 fully saturated rings. The molecule has 1 heterocycles. The fourth-order valence-corrected chi connectivity index (χ4v) is 1.16. The van der Waals surface area contributed by atoms with Crippen molar-refractivity contribution in [3.63, 3.8) is 0 Å². The Balaban J connectivity index is 0.000000469. The second kappa shape index (κ2) is 8.21. The highest BCUT2D eigenvalue weighted by atomic mass is 16.6. The second-order valence-corrected chi connectivity index (χ2v) is 3.89. The third kappa shape index (κ3) is 6.35. The van der Waals surface area contributed by atoms with E-state index in [2.05, 4.69) is 11.7 Å². The maximum Gasteiger partial charge on any atom is 0.0701 e. The summed E-state index contributed by atoms with van der Waals surface area (Å²) in [6.45, 7) is 6.36. The van der Waals surface area contributed by atoms with Crippen molar-refractivity contribution in [2.45, 2.75) is 39.5 Å². The molecule has 0 amide bonds. The number of hydrogen-bond acceptors (Lipinski definition) is 3. The highest BCUT2D eigenvalue weighted by Crippen LogP contribution is 2.27. The van der Waals surface area contributed by atoms with Gasteiger partial charge in [0, 0.05) is 5.41 Å². The van der Waals surface area contributed by atoms with Crippen molar-refractivity contribution >= 4 is 0 Å². The van der Waals surface area contributed by atoms with Crippen LogP contribution in [-0.4, -0.2) is 36.6 Å². The minimum Gasteiger partial charge on any atom is -0.396 e. The van der Waals surface area contributed by atoms with E-state index in [0.29, 0.717) is 0 Å². The second-order valence-electron chi connectivity index (χ2n) is 3.89. The lowest BCUT2D eigenvalue weighted by Gasteiger charge is -2.27. The predicted octanol–water partition coefficient (Wildman–Crippen LogP) is 1.57. The molecule has 14 heavy (non-hydrogen) atoms. The van der Waals surface area contributed by atoms with Gasteiger partial charge in [-0.15, -0.1) is 0 Å². The molecule has 0 saturated carbocycles. The van der Waals surface area contributed by atoms with Crippen LogP contribution in [-0.2, 0) is 4.74 Å². The molecule has 86 valence electrons. The third-order valence-electron chi connectivity index (χ3n) is 2.69. The van der Waals surface area contributed by atoms with E-state index in [0.717, 1.165) is 38.9 Å². The van der Waals surface area contributed by atoms with Gasteiger partial charge in [0.2, 0.25) is 0 Å². The Morgan fingerprint density at radius 3 is 1.86 bits per heavy atom. The van der Waals surface area contributed by atoms with Crippen LogP contribution in [0.3, 0.4) is 0 Å². The molecule has 0 aromatic heterocycles. The molecule has 1 saturated heterocycles. The van der Waals surface area contributed by atoms with Crippen molar-refractivity contribution in [2.24, 2.45) is 5.41 Å². The molecule has 1 rings (SSSR count). The zero-order valence-corrected chi connectivity index (χ0v) is 9.46. The van der Waals surface area contributed by atoms with Gasteiger partial charge in [0.25, 0.3) is 0 Å². The molecule has 0 atom stereocenters. The van der Waals surface area contributed by atoms with Crippen LogP contribution >= 0.6 is 0 Å². The molecule has 0 aliphatic carbocycles. The SMILES string of the molecule is C1CO1.CCCCC(CC)(CO)CO. The Morgan fingerprint density at radius 1 is 1.14 bits per heavy atom. The average Bonchev–Trinajstić information content (AvgIpc) is 3.08. The molecule has 3 heteroatoms. The third-order valence-corrected chi connectivity index (χ3v) is 2.69. The lowest BCUT2D eigenvalue weighted by atomic mass is 9.82. The molecular weight excluding hydrogens is 180 g/mol. The fourth-order valence-electron chi connectivity index (χ4n) is 1.16. The summed E-state index contributed by atoms with van der Waals surface area (Å²) in [5, 5.41) is 18.1. The van der Waals surface area contributed by atoms with Gasteiger partial charge in [0.15, 0.2) is 0 Å². The van der Waals surface area contributed by atoms with Gasteiger partial charge in [-0.05, 0) is 12.8 Å². The Morgan fingerprint density at radius 2 is 1.64 bits per heavy atom. The minimum atomic E-state index is -0.212. The van der Waals surface area contributed by atoms with Gasteiger partial charge < -0.3 is 14.9 Å². The van der Waals surface area contributed by atoms with Crippen molar-refractivity contribution in [1.29, 1.82) is 0 Å². The van der Waals surface area contributed by atoms with Gasteiger partial charge >= 0.3 is 0 Å². The van der Waals surface area contributed by atoms with Gasteiger partial charge in [-0.2, -0.15) is 0 Å². The molecule has 1 aliphatic rings. The molecule has 0 unspecified atom stereocenters. The summed E-state index contributed by atoms with van der Waals surface area (Å²) in [5.41, 5.74) is -0.212. The monoisotopic (exact) mass is 204 g/mol. The number of aliphatic hydroxyl groups excluding tert-OH is 2. The number of ether oxygens (including phenoxy) is 1. The van der Waals surface area contributed by atoms with Crippen LogP contribution in [0.5, 0.6) is 0 Å². The van der Waals surface area contributed by atoms with E-state index in [-0.39, 0.29) is 18.6 Å². The van der Waals surface area contributed by atoms with E-state index in [1.165, 1.54) is 0 Å². The smallest absolute Gasteiger partial charge is 0.0701 e. The molecule has 0 bridgehead atoms. The summed E-state index contributed by atoms with van der Waals surface area (Å²) < 4.78 is 4.50. The molecule has 2 N–H and O–H groups in total. The van der Waals surface area contributed by atoms with E-state index >= 15 is 0 Å². The quantitative estimate of drug-likeness (QED) is 0.646. The molecular formula is C11H24O3. The van der Waals surface area contributed by atoms with Crippen LogP contribution in [0.1, 0.15) is 39.5 Å². The minimum absolute atomic E-state index is 0.111. The van der Waals surface area contributed by atoms with Crippen molar-refractivity contribution in [2.75, 3.05) is 26.4 Å². The Hall–Kier alpha value is -0.120. The lowest BCUT2D eigenvalue weighted by Crippen LogP contribution is -2.28. The first-order valence-electron chi connectivity index (χ1n) is 5.54. The van der Waals surface area contributed by atoms with Gasteiger partial charge in [0.1, 0.15) is 0 Å². The van der Waals surface area contributed by atoms with E-state index in [9.17, 15) is 0 Å². The first kappa shape index (κ1) is 13.9. The molecule has 0 spiro atoms. The van der Waals surface area contributed by atoms with Crippen LogP contribution in [0.25, 0.3) is 0 Å². The number of aliphatic hydroxyl groups is 2. The highest BCUT2D eigenvalue weighted by Gasteiger charge is 2.25. The van der Waals surface area contributed by atoms with Crippen molar-refractivity contribution in [1.82, 2.24) is 0 Å². The molecule has 0 aromatic carbocycles. The first-order valence-corrected chi connectivity index (χ1v) is 5.54. The van der Waals surface area contributed by atoms with E-state index in [1.54, 1.807) is 0 Å². The van der Waals surface area contributed by atoms with Gasteiger partial charge in [-0.1, -0.05) is 26.7 Å². The Bertz CT molecular complexity index is 109. The summed E-state index contributed by atoms with van der Waals surface area (Å²) in [6, 6.07) is 0. The number of epoxide rings is 1. The zero-order valence-electron chi connectivity index (χ0n) is 9.46. The summed E-state index contributed by atoms with van der Waals surface area (Å²) >= 11 is 0. The lowest BCUT2D eigenvalue weighted by molar-refractivity contribution is 0.0420. The summed E-state index contributed by atoms with van der Waals surface area (Å²) in [7, 11) is 0. The zero-order chi connectivity index (χ0) is 10.9. The summed E-state index contributed by atoms with van der Waals surface area (Å²) in [4.78, 5) is 0. The first-order chi connectivity index (χ1) is 6.74. The van der Waals surface area contributed by atoms with Crippen LogP contribution in [0.15, 0.2) is 0 Å². The van der Waals surface area contributed by atoms with Gasteiger partial charge in [0.05, 0.1) is 26.4 Å². The summed E-state index contributed by atoms with van der Waals surface area (Å²) in [6.07, 6.45) is 4.02. The maximum absolute atomic E-state index is 9.04. The maximum atomic E-state index is 9.04. The van der Waals surface area contributed by atoms with Crippen molar-refractivity contribution < 1.29 is 14.9 Å². The Labute approximate surface area is 87.1 Å². The highest BCUT2D eigenvalue weighted by molar-refractivity contribution is 4.75. The number of rotatable bonds is 6. The Kier molecular flexibility index (Phi) is 8.14. The number of hydrogen-bond donors (Lipinski definition) is 2. The van der Waals surface area contributed by atoms with E-state index < -0.39 is 0 Å². The fraction of sp³-hybridized carbons (Fsp3) is 1.00. The molecule has 3 nitrogen and oxygen atoms in total. The van der Waals surface area contributed by atoms with Crippen LogP contribution < -0.4 is 0 Å². The van der Waals surface area contributed by atoms with E-state index in [1.807, 2.05) is 6.92 Å². The largest absolute Gasteiger partial charge is 0.396 e. The molecule has 0 aromatic rings. The van der Waals surface area contributed by atoms with Crippen molar-refractivity contribution in [3.05, 3.63) is 0 Å². The normalized spacial score (nSPS) is 14.6. The predicted molar refractivity (Wildman–Crippen MR) is 57.2 cm³/mol.